The molecule has 1 heterocycles. The van der Waals surface area contributed by atoms with Crippen LogP contribution in [0.2, 0.25) is 10.0 Å². The monoisotopic (exact) mass is 405 g/mol. The first-order valence-corrected chi connectivity index (χ1v) is 8.75. The van der Waals surface area contributed by atoms with Crippen molar-refractivity contribution >= 4 is 34.8 Å². The van der Waals surface area contributed by atoms with Crippen molar-refractivity contribution in [2.24, 2.45) is 0 Å². The molecule has 0 unspecified atom stereocenters. The number of hydrogen-bond donors (Lipinski definition) is 2. The molecule has 0 aliphatic rings. The number of carbonyl (C=O) groups excluding carboxylic acids is 1. The summed E-state index contributed by atoms with van der Waals surface area (Å²) in [6.07, 6.45) is 1.38. The summed E-state index contributed by atoms with van der Waals surface area (Å²) in [5, 5.41) is 16.7. The van der Waals surface area contributed by atoms with Gasteiger partial charge in [-0.25, -0.2) is 9.67 Å². The van der Waals surface area contributed by atoms with Crippen LogP contribution in [0.15, 0.2) is 42.7 Å². The quantitative estimate of drug-likeness (QED) is 0.680. The molecule has 9 heteroatoms. The average Bonchev–Trinajstić information content (AvgIpc) is 3.14. The van der Waals surface area contributed by atoms with Crippen molar-refractivity contribution < 1.29 is 9.90 Å². The second kappa shape index (κ2) is 7.85. The molecule has 2 aromatic carbocycles. The Morgan fingerprint density at radius 2 is 1.93 bits per heavy atom. The maximum atomic E-state index is 12.3. The van der Waals surface area contributed by atoms with E-state index in [0.29, 0.717) is 12.2 Å². The highest BCUT2D eigenvalue weighted by molar-refractivity contribution is 6.37. The number of amides is 1. The number of phenols is 1. The van der Waals surface area contributed by atoms with E-state index in [1.165, 1.54) is 23.1 Å². The Kier molecular flexibility index (Phi) is 5.53. The van der Waals surface area contributed by atoms with Crippen molar-refractivity contribution in [3.05, 3.63) is 64.2 Å². The molecule has 0 spiro atoms. The van der Waals surface area contributed by atoms with Gasteiger partial charge in [0.25, 0.3) is 5.91 Å². The SMILES string of the molecule is CN(C)c1cccc(CNC(=O)c2ncn(-c3cc(Cl)c(O)c(Cl)c3)n2)c1. The maximum Gasteiger partial charge on any atom is 0.291 e. The Labute approximate surface area is 166 Å². The van der Waals surface area contributed by atoms with E-state index >= 15 is 0 Å². The molecule has 27 heavy (non-hydrogen) atoms. The highest BCUT2D eigenvalue weighted by atomic mass is 35.5. The second-order valence-corrected chi connectivity index (χ2v) is 6.83. The molecular weight excluding hydrogens is 389 g/mol. The molecule has 1 amide bonds. The van der Waals surface area contributed by atoms with Crippen LogP contribution >= 0.6 is 23.2 Å². The standard InChI is InChI=1S/C18H17Cl2N5O2/c1-24(2)12-5-3-4-11(6-12)9-21-18(27)17-22-10-25(23-17)13-7-14(19)16(26)15(20)8-13/h3-8,10,26H,9H2,1-2H3,(H,21,27). The Morgan fingerprint density at radius 3 is 2.59 bits per heavy atom. The van der Waals surface area contributed by atoms with Gasteiger partial charge in [0.05, 0.1) is 15.7 Å². The molecule has 140 valence electrons. The van der Waals surface area contributed by atoms with Crippen LogP contribution in [0.3, 0.4) is 0 Å². The molecule has 0 aliphatic carbocycles. The first kappa shape index (κ1) is 19.0. The zero-order chi connectivity index (χ0) is 19.6. The largest absolute Gasteiger partial charge is 0.505 e. The van der Waals surface area contributed by atoms with Crippen LogP contribution in [-0.2, 0) is 6.54 Å². The lowest BCUT2D eigenvalue weighted by molar-refractivity contribution is 0.0940. The number of halogens is 2. The molecule has 2 N–H and O–H groups in total. The topological polar surface area (TPSA) is 83.3 Å². The highest BCUT2D eigenvalue weighted by Gasteiger charge is 2.14. The average molecular weight is 406 g/mol. The number of phenolic OH excluding ortho intramolecular Hbond substituents is 1. The van der Waals surface area contributed by atoms with Crippen LogP contribution < -0.4 is 10.2 Å². The number of nitrogens with zero attached hydrogens (tertiary/aromatic N) is 4. The van der Waals surface area contributed by atoms with Gasteiger partial charge in [0.1, 0.15) is 6.33 Å². The van der Waals surface area contributed by atoms with Crippen LogP contribution in [-0.4, -0.2) is 39.9 Å². The zero-order valence-electron chi connectivity index (χ0n) is 14.6. The van der Waals surface area contributed by atoms with Gasteiger partial charge < -0.3 is 15.3 Å². The van der Waals surface area contributed by atoms with Crippen LogP contribution in [0.4, 0.5) is 5.69 Å². The summed E-state index contributed by atoms with van der Waals surface area (Å²) in [6, 6.07) is 10.8. The number of nitrogens with one attached hydrogen (secondary N) is 1. The minimum atomic E-state index is -0.403. The van der Waals surface area contributed by atoms with E-state index in [-0.39, 0.29) is 21.6 Å². The number of hydrogen-bond acceptors (Lipinski definition) is 5. The number of benzene rings is 2. The summed E-state index contributed by atoms with van der Waals surface area (Å²) in [7, 11) is 3.91. The van der Waals surface area contributed by atoms with Crippen LogP contribution in [0.5, 0.6) is 5.75 Å². The fourth-order valence-electron chi connectivity index (χ4n) is 2.38. The zero-order valence-corrected chi connectivity index (χ0v) is 16.2. The molecule has 0 bridgehead atoms. The third kappa shape index (κ3) is 4.32. The fourth-order valence-corrected chi connectivity index (χ4v) is 2.86. The lowest BCUT2D eigenvalue weighted by atomic mass is 10.2. The highest BCUT2D eigenvalue weighted by Crippen LogP contribution is 2.33. The van der Waals surface area contributed by atoms with Gasteiger partial charge >= 0.3 is 0 Å². The van der Waals surface area contributed by atoms with E-state index in [9.17, 15) is 9.90 Å². The minimum Gasteiger partial charge on any atom is -0.505 e. The second-order valence-electron chi connectivity index (χ2n) is 6.02. The third-order valence-electron chi connectivity index (χ3n) is 3.84. The van der Waals surface area contributed by atoms with Gasteiger partial charge in [-0.05, 0) is 29.8 Å². The Bertz CT molecular complexity index is 964. The Morgan fingerprint density at radius 1 is 1.22 bits per heavy atom. The first-order chi connectivity index (χ1) is 12.8. The van der Waals surface area contributed by atoms with Gasteiger partial charge in [-0.15, -0.1) is 5.10 Å². The van der Waals surface area contributed by atoms with Crippen LogP contribution in [0, 0.1) is 0 Å². The summed E-state index contributed by atoms with van der Waals surface area (Å²) in [5.74, 6) is -0.598. The molecule has 3 aromatic rings. The van der Waals surface area contributed by atoms with Gasteiger partial charge in [-0.1, -0.05) is 35.3 Å². The van der Waals surface area contributed by atoms with Gasteiger partial charge in [-0.2, -0.15) is 0 Å². The van der Waals surface area contributed by atoms with Crippen molar-refractivity contribution in [2.45, 2.75) is 6.54 Å². The fraction of sp³-hybridized carbons (Fsp3) is 0.167. The van der Waals surface area contributed by atoms with Crippen molar-refractivity contribution in [3.63, 3.8) is 0 Å². The predicted octanol–water partition coefficient (Wildman–Crippen LogP) is 3.28. The van der Waals surface area contributed by atoms with E-state index in [4.69, 9.17) is 23.2 Å². The van der Waals surface area contributed by atoms with E-state index in [0.717, 1.165) is 11.3 Å². The van der Waals surface area contributed by atoms with Gasteiger partial charge in [0.15, 0.2) is 5.75 Å². The van der Waals surface area contributed by atoms with E-state index in [1.807, 2.05) is 43.3 Å². The molecule has 0 radical (unpaired) electrons. The van der Waals surface area contributed by atoms with Crippen molar-refractivity contribution in [3.8, 4) is 11.4 Å². The normalized spacial score (nSPS) is 10.7. The first-order valence-electron chi connectivity index (χ1n) is 7.99. The summed E-state index contributed by atoms with van der Waals surface area (Å²) in [5.41, 5.74) is 2.49. The van der Waals surface area contributed by atoms with Crippen LogP contribution in [0.25, 0.3) is 5.69 Å². The molecular formula is C18H17Cl2N5O2. The lowest BCUT2D eigenvalue weighted by Crippen LogP contribution is -2.24. The number of carbonyl (C=O) groups is 1. The van der Waals surface area contributed by atoms with Crippen molar-refractivity contribution in [2.75, 3.05) is 19.0 Å². The molecule has 1 aromatic heterocycles. The lowest BCUT2D eigenvalue weighted by Gasteiger charge is -2.13. The predicted molar refractivity (Wildman–Crippen MR) is 105 cm³/mol. The molecule has 0 saturated heterocycles. The summed E-state index contributed by atoms with van der Waals surface area (Å²) < 4.78 is 1.36. The number of aromatic nitrogens is 3. The minimum absolute atomic E-state index is 0.0130. The van der Waals surface area contributed by atoms with E-state index < -0.39 is 5.91 Å². The molecule has 0 aliphatic heterocycles. The van der Waals surface area contributed by atoms with Gasteiger partial charge in [-0.3, -0.25) is 4.79 Å². The smallest absolute Gasteiger partial charge is 0.291 e. The number of rotatable bonds is 5. The molecule has 0 atom stereocenters. The maximum absolute atomic E-state index is 12.3. The Hall–Kier alpha value is -2.77. The summed E-state index contributed by atoms with van der Waals surface area (Å²) in [6.45, 7) is 0.353. The van der Waals surface area contributed by atoms with E-state index in [2.05, 4.69) is 15.4 Å². The molecule has 0 saturated carbocycles. The van der Waals surface area contributed by atoms with Crippen molar-refractivity contribution in [1.82, 2.24) is 20.1 Å². The van der Waals surface area contributed by atoms with Crippen molar-refractivity contribution in [1.29, 1.82) is 0 Å². The molecule has 3 rings (SSSR count). The van der Waals surface area contributed by atoms with E-state index in [1.54, 1.807) is 0 Å². The molecule has 7 nitrogen and oxygen atoms in total. The van der Waals surface area contributed by atoms with Gasteiger partial charge in [0, 0.05) is 26.3 Å². The van der Waals surface area contributed by atoms with Gasteiger partial charge in [0.2, 0.25) is 5.82 Å². The Balaban J connectivity index is 1.71. The summed E-state index contributed by atoms with van der Waals surface area (Å²) >= 11 is 11.8. The molecule has 0 fully saturated rings. The van der Waals surface area contributed by atoms with Crippen LogP contribution in [0.1, 0.15) is 16.2 Å². The number of anilines is 1. The third-order valence-corrected chi connectivity index (χ3v) is 4.42. The number of aromatic hydroxyl groups is 1. The summed E-state index contributed by atoms with van der Waals surface area (Å²) in [4.78, 5) is 18.3.